The summed E-state index contributed by atoms with van der Waals surface area (Å²) in [6, 6.07) is 1.67. The van der Waals surface area contributed by atoms with Crippen molar-refractivity contribution in [3.63, 3.8) is 0 Å². The molecule has 1 amide bonds. The number of Topliss-reactive ketones (excluding diaryl/α,β-unsaturated/α-hetero) is 1. The van der Waals surface area contributed by atoms with E-state index in [2.05, 4.69) is 0 Å². The minimum Gasteiger partial charge on any atom is -0.304 e. The maximum absolute atomic E-state index is 13.5. The minimum absolute atomic E-state index is 0.0735. The molecule has 1 heterocycles. The number of halogens is 2. The lowest BCUT2D eigenvalue weighted by Crippen LogP contribution is -2.31. The number of anilines is 1. The Hall–Kier alpha value is -1.78. The number of fused-ring (bicyclic) bond motifs is 1. The molecule has 1 aliphatic carbocycles. The fraction of sp³-hybridized carbons (Fsp3) is 0.333. The SMILES string of the molecule is O=C1C(=O)N(CC2CC2)c2cc(F)cc(F)c21. The summed E-state index contributed by atoms with van der Waals surface area (Å²) in [7, 11) is 0. The van der Waals surface area contributed by atoms with E-state index in [9.17, 15) is 18.4 Å². The molecule has 3 rings (SSSR count). The third kappa shape index (κ3) is 1.53. The highest BCUT2D eigenvalue weighted by molar-refractivity contribution is 6.52. The van der Waals surface area contributed by atoms with E-state index in [0.29, 0.717) is 18.5 Å². The van der Waals surface area contributed by atoms with E-state index < -0.39 is 23.3 Å². The molecule has 3 nitrogen and oxygen atoms in total. The summed E-state index contributed by atoms with van der Waals surface area (Å²) >= 11 is 0. The first-order valence-electron chi connectivity index (χ1n) is 5.43. The quantitative estimate of drug-likeness (QED) is 0.737. The van der Waals surface area contributed by atoms with Gasteiger partial charge in [0, 0.05) is 12.6 Å². The van der Waals surface area contributed by atoms with Gasteiger partial charge in [-0.05, 0) is 24.8 Å². The monoisotopic (exact) mass is 237 g/mol. The summed E-state index contributed by atoms with van der Waals surface area (Å²) in [6.07, 6.45) is 1.98. The van der Waals surface area contributed by atoms with Gasteiger partial charge in [0.1, 0.15) is 11.6 Å². The van der Waals surface area contributed by atoms with Crippen LogP contribution in [0.2, 0.25) is 0 Å². The molecule has 1 aromatic rings. The molecule has 0 saturated heterocycles. The van der Waals surface area contributed by atoms with Crippen molar-refractivity contribution in [1.29, 1.82) is 0 Å². The number of hydrogen-bond acceptors (Lipinski definition) is 2. The van der Waals surface area contributed by atoms with Crippen molar-refractivity contribution in [2.24, 2.45) is 5.92 Å². The molecule has 0 bridgehead atoms. The summed E-state index contributed by atoms with van der Waals surface area (Å²) < 4.78 is 26.6. The maximum Gasteiger partial charge on any atom is 0.299 e. The number of rotatable bonds is 2. The zero-order valence-electron chi connectivity index (χ0n) is 8.87. The number of benzene rings is 1. The van der Waals surface area contributed by atoms with Crippen LogP contribution in [0.1, 0.15) is 23.2 Å². The Bertz CT molecular complexity index is 538. The third-order valence-corrected chi connectivity index (χ3v) is 3.13. The molecule has 0 N–H and O–H groups in total. The average Bonchev–Trinajstić information content (AvgIpc) is 3.03. The fourth-order valence-corrected chi connectivity index (χ4v) is 2.08. The Labute approximate surface area is 96.0 Å². The van der Waals surface area contributed by atoms with Gasteiger partial charge in [0.05, 0.1) is 11.3 Å². The highest BCUT2D eigenvalue weighted by Crippen LogP contribution is 2.37. The van der Waals surface area contributed by atoms with Gasteiger partial charge in [-0.2, -0.15) is 0 Å². The largest absolute Gasteiger partial charge is 0.304 e. The molecular formula is C12H9F2NO2. The average molecular weight is 237 g/mol. The van der Waals surface area contributed by atoms with Crippen molar-refractivity contribution < 1.29 is 18.4 Å². The lowest BCUT2D eigenvalue weighted by molar-refractivity contribution is -0.114. The first kappa shape index (κ1) is 10.4. The first-order chi connectivity index (χ1) is 8.08. The van der Waals surface area contributed by atoms with Gasteiger partial charge in [-0.1, -0.05) is 0 Å². The maximum atomic E-state index is 13.5. The van der Waals surface area contributed by atoms with Gasteiger partial charge in [-0.15, -0.1) is 0 Å². The van der Waals surface area contributed by atoms with Crippen LogP contribution in [0.15, 0.2) is 12.1 Å². The van der Waals surface area contributed by atoms with Gasteiger partial charge in [0.25, 0.3) is 11.7 Å². The van der Waals surface area contributed by atoms with E-state index in [0.717, 1.165) is 18.9 Å². The number of nitrogens with zero attached hydrogens (tertiary/aromatic N) is 1. The van der Waals surface area contributed by atoms with E-state index in [1.165, 1.54) is 4.90 Å². The van der Waals surface area contributed by atoms with Crippen molar-refractivity contribution in [3.8, 4) is 0 Å². The standard InChI is InChI=1S/C12H9F2NO2/c13-7-3-8(14)10-9(4-7)15(5-6-1-2-6)12(17)11(10)16/h3-4,6H,1-2,5H2. The van der Waals surface area contributed by atoms with E-state index in [1.807, 2.05) is 0 Å². The van der Waals surface area contributed by atoms with Crippen molar-refractivity contribution in [2.45, 2.75) is 12.8 Å². The van der Waals surface area contributed by atoms with E-state index in [-0.39, 0.29) is 11.3 Å². The number of carbonyl (C=O) groups excluding carboxylic acids is 2. The van der Waals surface area contributed by atoms with Gasteiger partial charge in [-0.25, -0.2) is 8.78 Å². The summed E-state index contributed by atoms with van der Waals surface area (Å²) in [5, 5.41) is 0. The van der Waals surface area contributed by atoms with E-state index in [1.54, 1.807) is 0 Å². The molecule has 1 aromatic carbocycles. The smallest absolute Gasteiger partial charge is 0.299 e. The number of ketones is 1. The van der Waals surface area contributed by atoms with E-state index in [4.69, 9.17) is 0 Å². The minimum atomic E-state index is -0.961. The first-order valence-corrected chi connectivity index (χ1v) is 5.43. The second-order valence-corrected chi connectivity index (χ2v) is 4.47. The van der Waals surface area contributed by atoms with Crippen LogP contribution < -0.4 is 4.90 Å². The van der Waals surface area contributed by atoms with Crippen molar-refractivity contribution >= 4 is 17.4 Å². The third-order valence-electron chi connectivity index (χ3n) is 3.13. The van der Waals surface area contributed by atoms with Crippen LogP contribution >= 0.6 is 0 Å². The lowest BCUT2D eigenvalue weighted by Gasteiger charge is -2.15. The van der Waals surface area contributed by atoms with Crippen molar-refractivity contribution in [1.82, 2.24) is 0 Å². The Morgan fingerprint density at radius 1 is 1.24 bits per heavy atom. The lowest BCUT2D eigenvalue weighted by atomic mass is 10.1. The summed E-state index contributed by atoms with van der Waals surface area (Å²) in [5.74, 6) is -3.01. The predicted molar refractivity (Wildman–Crippen MR) is 55.8 cm³/mol. The molecule has 0 spiro atoms. The molecule has 2 aliphatic rings. The number of carbonyl (C=O) groups is 2. The Balaban J connectivity index is 2.09. The zero-order valence-corrected chi connectivity index (χ0v) is 8.87. The van der Waals surface area contributed by atoms with Crippen LogP contribution in [0.3, 0.4) is 0 Å². The van der Waals surface area contributed by atoms with Crippen molar-refractivity contribution in [3.05, 3.63) is 29.3 Å². The molecule has 5 heteroatoms. The summed E-state index contributed by atoms with van der Waals surface area (Å²) in [4.78, 5) is 24.5. The molecule has 1 aliphatic heterocycles. The van der Waals surface area contributed by atoms with Crippen LogP contribution in [0.25, 0.3) is 0 Å². The molecule has 88 valence electrons. The van der Waals surface area contributed by atoms with Crippen LogP contribution in [-0.4, -0.2) is 18.2 Å². The Kier molecular flexibility index (Phi) is 2.05. The van der Waals surface area contributed by atoms with Gasteiger partial charge >= 0.3 is 0 Å². The van der Waals surface area contributed by atoms with Crippen LogP contribution in [0.5, 0.6) is 0 Å². The number of hydrogen-bond donors (Lipinski definition) is 0. The normalized spacial score (nSPS) is 18.8. The van der Waals surface area contributed by atoms with Gasteiger partial charge in [0.2, 0.25) is 0 Å². The second kappa shape index (κ2) is 3.35. The zero-order chi connectivity index (χ0) is 12.2. The van der Waals surface area contributed by atoms with Gasteiger partial charge in [-0.3, -0.25) is 9.59 Å². The molecular weight excluding hydrogens is 228 g/mol. The Morgan fingerprint density at radius 3 is 2.59 bits per heavy atom. The van der Waals surface area contributed by atoms with Crippen LogP contribution in [0, 0.1) is 17.6 Å². The van der Waals surface area contributed by atoms with Crippen LogP contribution in [-0.2, 0) is 4.79 Å². The summed E-state index contributed by atoms with van der Waals surface area (Å²) in [5.41, 5.74) is -0.221. The Morgan fingerprint density at radius 2 is 1.94 bits per heavy atom. The van der Waals surface area contributed by atoms with E-state index >= 15 is 0 Å². The van der Waals surface area contributed by atoms with Crippen LogP contribution in [0.4, 0.5) is 14.5 Å². The molecule has 0 atom stereocenters. The molecule has 1 fully saturated rings. The van der Waals surface area contributed by atoms with Gasteiger partial charge < -0.3 is 4.90 Å². The second-order valence-electron chi connectivity index (χ2n) is 4.47. The number of amides is 1. The molecule has 0 aromatic heterocycles. The predicted octanol–water partition coefficient (Wildman–Crippen LogP) is 1.90. The molecule has 0 radical (unpaired) electrons. The topological polar surface area (TPSA) is 37.4 Å². The molecule has 1 saturated carbocycles. The summed E-state index contributed by atoms with van der Waals surface area (Å²) in [6.45, 7) is 0.375. The fourth-order valence-electron chi connectivity index (χ4n) is 2.08. The van der Waals surface area contributed by atoms with Crippen molar-refractivity contribution in [2.75, 3.05) is 11.4 Å². The van der Waals surface area contributed by atoms with Gasteiger partial charge in [0.15, 0.2) is 0 Å². The highest BCUT2D eigenvalue weighted by atomic mass is 19.1. The molecule has 17 heavy (non-hydrogen) atoms. The highest BCUT2D eigenvalue weighted by Gasteiger charge is 2.41. The molecule has 0 unspecified atom stereocenters.